The average molecular weight is 375 g/mol. The number of alkyl halides is 1. The van der Waals surface area contributed by atoms with Crippen molar-refractivity contribution in [3.05, 3.63) is 67.9 Å². The molecule has 110 valence electrons. The van der Waals surface area contributed by atoms with Crippen LogP contribution < -0.4 is 4.74 Å². The quantitative estimate of drug-likeness (QED) is 0.428. The molecule has 0 atom stereocenters. The Balaban J connectivity index is 2.19. The molecule has 0 bridgehead atoms. The fraction of sp³-hybridized carbons (Fsp3) is 0.143. The second-order valence-corrected chi connectivity index (χ2v) is 5.35. The van der Waals surface area contributed by atoms with Crippen molar-refractivity contribution in [2.45, 2.75) is 12.5 Å². The lowest BCUT2D eigenvalue weighted by Gasteiger charge is -2.08. The van der Waals surface area contributed by atoms with E-state index in [0.29, 0.717) is 15.6 Å². The third-order valence-corrected chi connectivity index (χ3v) is 3.67. The molecule has 21 heavy (non-hydrogen) atoms. The van der Waals surface area contributed by atoms with Crippen molar-refractivity contribution in [3.63, 3.8) is 0 Å². The number of nitrogens with zero attached hydrogens (tertiary/aromatic N) is 1. The van der Waals surface area contributed by atoms with Crippen LogP contribution in [-0.4, -0.2) is 4.92 Å². The van der Waals surface area contributed by atoms with Gasteiger partial charge in [0.1, 0.15) is 12.4 Å². The smallest absolute Gasteiger partial charge is 0.311 e. The molecular formula is C14H10BrClFNO3. The molecule has 0 fully saturated rings. The van der Waals surface area contributed by atoms with Gasteiger partial charge in [0, 0.05) is 11.9 Å². The first kappa shape index (κ1) is 15.7. The molecule has 0 heterocycles. The zero-order valence-corrected chi connectivity index (χ0v) is 13.0. The maximum absolute atomic E-state index is 13.1. The fourth-order valence-corrected chi connectivity index (χ4v) is 2.29. The van der Waals surface area contributed by atoms with Crippen molar-refractivity contribution in [2.24, 2.45) is 0 Å². The summed E-state index contributed by atoms with van der Waals surface area (Å²) >= 11 is 8.73. The largest absolute Gasteiger partial charge is 0.482 e. The number of benzene rings is 2. The summed E-state index contributed by atoms with van der Waals surface area (Å²) in [7, 11) is 0. The molecule has 0 amide bonds. The number of halogens is 3. The molecule has 0 aliphatic carbocycles. The average Bonchev–Trinajstić information content (AvgIpc) is 2.48. The van der Waals surface area contributed by atoms with E-state index in [0.717, 1.165) is 0 Å². The van der Waals surface area contributed by atoms with Gasteiger partial charge in [0.2, 0.25) is 0 Å². The summed E-state index contributed by atoms with van der Waals surface area (Å²) in [5, 5.41) is 11.0. The van der Waals surface area contributed by atoms with E-state index in [1.165, 1.54) is 18.2 Å². The Bertz CT molecular complexity index is 681. The van der Waals surface area contributed by atoms with Crippen LogP contribution in [0.4, 0.5) is 10.1 Å². The first-order chi connectivity index (χ1) is 10.0. The molecule has 0 N–H and O–H groups in total. The fourth-order valence-electron chi connectivity index (χ4n) is 1.70. The summed E-state index contributed by atoms with van der Waals surface area (Å²) in [5.74, 6) is -0.0445. The molecule has 0 radical (unpaired) electrons. The van der Waals surface area contributed by atoms with Crippen molar-refractivity contribution in [1.82, 2.24) is 0 Å². The highest BCUT2D eigenvalue weighted by atomic mass is 79.9. The Labute approximate surface area is 133 Å². The zero-order chi connectivity index (χ0) is 15.4. The van der Waals surface area contributed by atoms with E-state index >= 15 is 0 Å². The van der Waals surface area contributed by atoms with Gasteiger partial charge in [0.25, 0.3) is 0 Å². The number of ether oxygens (including phenoxy) is 1. The molecule has 0 aliphatic heterocycles. The summed E-state index contributed by atoms with van der Waals surface area (Å²) in [6.07, 6.45) is 0. The van der Waals surface area contributed by atoms with E-state index in [4.69, 9.17) is 16.3 Å². The Morgan fingerprint density at radius 1 is 1.24 bits per heavy atom. The predicted octanol–water partition coefficient (Wildman–Crippen LogP) is 4.81. The van der Waals surface area contributed by atoms with Gasteiger partial charge in [-0.25, -0.2) is 4.39 Å². The third kappa shape index (κ3) is 3.92. The first-order valence-corrected chi connectivity index (χ1v) is 7.24. The molecule has 2 rings (SSSR count). The predicted molar refractivity (Wildman–Crippen MR) is 81.1 cm³/mol. The minimum absolute atomic E-state index is 0.0972. The van der Waals surface area contributed by atoms with Gasteiger partial charge in [-0.1, -0.05) is 12.1 Å². The SMILES string of the molecule is O=[N+]([O-])c1cc(CCl)ccc1OCc1ccc(F)c(Br)c1. The molecule has 0 aliphatic rings. The van der Waals surface area contributed by atoms with Crippen LogP contribution >= 0.6 is 27.5 Å². The molecular weight excluding hydrogens is 365 g/mol. The van der Waals surface area contributed by atoms with Crippen LogP contribution in [0, 0.1) is 15.9 Å². The Morgan fingerprint density at radius 3 is 2.57 bits per heavy atom. The highest BCUT2D eigenvalue weighted by molar-refractivity contribution is 9.10. The molecule has 2 aromatic carbocycles. The van der Waals surface area contributed by atoms with Gasteiger partial charge in [0.15, 0.2) is 5.75 Å². The van der Waals surface area contributed by atoms with Gasteiger partial charge < -0.3 is 4.74 Å². The van der Waals surface area contributed by atoms with Gasteiger partial charge in [-0.2, -0.15) is 0 Å². The molecule has 4 nitrogen and oxygen atoms in total. The van der Waals surface area contributed by atoms with E-state index in [9.17, 15) is 14.5 Å². The van der Waals surface area contributed by atoms with Crippen LogP contribution in [0.1, 0.15) is 11.1 Å². The molecule has 0 spiro atoms. The summed E-state index contributed by atoms with van der Waals surface area (Å²) in [4.78, 5) is 10.5. The lowest BCUT2D eigenvalue weighted by molar-refractivity contribution is -0.386. The number of rotatable bonds is 5. The van der Waals surface area contributed by atoms with Crippen LogP contribution in [0.5, 0.6) is 5.75 Å². The molecule has 7 heteroatoms. The molecule has 0 aromatic heterocycles. The summed E-state index contributed by atoms with van der Waals surface area (Å²) < 4.78 is 18.9. The monoisotopic (exact) mass is 373 g/mol. The Morgan fingerprint density at radius 2 is 1.95 bits per heavy atom. The van der Waals surface area contributed by atoms with E-state index < -0.39 is 4.92 Å². The van der Waals surface area contributed by atoms with E-state index in [2.05, 4.69) is 15.9 Å². The molecule has 2 aromatic rings. The highest BCUT2D eigenvalue weighted by Crippen LogP contribution is 2.29. The lowest BCUT2D eigenvalue weighted by atomic mass is 10.2. The molecule has 0 saturated carbocycles. The minimum Gasteiger partial charge on any atom is -0.482 e. The van der Waals surface area contributed by atoms with Crippen molar-refractivity contribution in [1.29, 1.82) is 0 Å². The van der Waals surface area contributed by atoms with Crippen LogP contribution in [0.2, 0.25) is 0 Å². The summed E-state index contributed by atoms with van der Waals surface area (Å²) in [6, 6.07) is 8.97. The maximum atomic E-state index is 13.1. The second-order valence-electron chi connectivity index (χ2n) is 4.23. The standard InChI is InChI=1S/C14H10BrClFNO3/c15-11-5-10(1-3-12(11)17)8-21-14-4-2-9(7-16)6-13(14)18(19)20/h1-6H,7-8H2. The number of nitro groups is 1. The van der Waals surface area contributed by atoms with Gasteiger partial charge in [0.05, 0.1) is 9.40 Å². The number of nitro benzene ring substituents is 1. The van der Waals surface area contributed by atoms with E-state index in [-0.39, 0.29) is 29.7 Å². The van der Waals surface area contributed by atoms with Gasteiger partial charge in [-0.15, -0.1) is 11.6 Å². The summed E-state index contributed by atoms with van der Waals surface area (Å²) in [6.45, 7) is 0.0972. The van der Waals surface area contributed by atoms with Crippen LogP contribution in [0.15, 0.2) is 40.9 Å². The Kier molecular flexibility index (Phi) is 5.14. The first-order valence-electron chi connectivity index (χ1n) is 5.91. The van der Waals surface area contributed by atoms with E-state index in [1.807, 2.05) is 0 Å². The van der Waals surface area contributed by atoms with Crippen LogP contribution in [-0.2, 0) is 12.5 Å². The third-order valence-electron chi connectivity index (χ3n) is 2.75. The van der Waals surface area contributed by atoms with Crippen molar-refractivity contribution in [2.75, 3.05) is 0 Å². The van der Waals surface area contributed by atoms with Gasteiger partial charge >= 0.3 is 5.69 Å². The zero-order valence-electron chi connectivity index (χ0n) is 10.7. The number of hydrogen-bond donors (Lipinski definition) is 0. The van der Waals surface area contributed by atoms with Crippen molar-refractivity contribution in [3.8, 4) is 5.75 Å². The lowest BCUT2D eigenvalue weighted by Crippen LogP contribution is -2.00. The maximum Gasteiger partial charge on any atom is 0.311 e. The van der Waals surface area contributed by atoms with Crippen LogP contribution in [0.3, 0.4) is 0 Å². The second kappa shape index (κ2) is 6.87. The summed E-state index contributed by atoms with van der Waals surface area (Å²) in [5.41, 5.74) is 1.19. The van der Waals surface area contributed by atoms with Gasteiger partial charge in [-0.05, 0) is 45.3 Å². The number of hydrogen-bond acceptors (Lipinski definition) is 3. The van der Waals surface area contributed by atoms with Crippen molar-refractivity contribution >= 4 is 33.2 Å². The highest BCUT2D eigenvalue weighted by Gasteiger charge is 2.16. The van der Waals surface area contributed by atoms with Gasteiger partial charge in [-0.3, -0.25) is 10.1 Å². The normalized spacial score (nSPS) is 10.4. The minimum atomic E-state index is -0.522. The van der Waals surface area contributed by atoms with E-state index in [1.54, 1.807) is 18.2 Å². The topological polar surface area (TPSA) is 52.4 Å². The Hall–Kier alpha value is -1.66. The van der Waals surface area contributed by atoms with Crippen molar-refractivity contribution < 1.29 is 14.1 Å². The molecule has 0 unspecified atom stereocenters. The van der Waals surface area contributed by atoms with Crippen LogP contribution in [0.25, 0.3) is 0 Å². The molecule has 0 saturated heterocycles.